The third-order valence-corrected chi connectivity index (χ3v) is 6.39. The number of hydrogen-bond donors (Lipinski definition) is 2. The summed E-state index contributed by atoms with van der Waals surface area (Å²) in [4.78, 5) is 33.8. The summed E-state index contributed by atoms with van der Waals surface area (Å²) in [5, 5.41) is 13.5. The maximum Gasteiger partial charge on any atom is 0.326 e. The minimum absolute atomic E-state index is 0.0490. The maximum absolute atomic E-state index is 13.2. The molecule has 0 aliphatic carbocycles. The van der Waals surface area contributed by atoms with Crippen LogP contribution >= 0.6 is 11.6 Å². The smallest absolute Gasteiger partial charge is 0.326 e. The van der Waals surface area contributed by atoms with Crippen LogP contribution in [0.4, 0.5) is 16.2 Å². The molecule has 0 unspecified atom stereocenters. The highest BCUT2D eigenvalue weighted by molar-refractivity contribution is 6.30. The standard InChI is InChI=1S/C24H21ClN4O3/c25-16-6-3-7-17(11-16)27-24(32)28-13-20-22(18-8-1-2-9-19(18)28)21(14-30)29(20)23(31)15-5-4-10-26-12-15/h1-12,20-22,30H,13-14H2,(H,27,32)/t20-,21+,22+/m1/s1. The lowest BCUT2D eigenvalue weighted by molar-refractivity contribution is -0.0241. The SMILES string of the molecule is O=C(Nc1cccc(Cl)c1)N1C[C@@H]2[C@H](c3ccccc31)[C@H](CO)N2C(=O)c1cccnc1. The molecule has 2 aromatic carbocycles. The van der Waals surface area contributed by atoms with E-state index in [1.54, 1.807) is 52.4 Å². The Hall–Kier alpha value is -3.42. The second-order valence-electron chi connectivity index (χ2n) is 7.91. The largest absolute Gasteiger partial charge is 0.394 e. The first-order valence-corrected chi connectivity index (χ1v) is 10.7. The lowest BCUT2D eigenvalue weighted by Gasteiger charge is -2.58. The Morgan fingerprint density at radius 2 is 1.97 bits per heavy atom. The maximum atomic E-state index is 13.2. The number of nitrogens with one attached hydrogen (secondary N) is 1. The van der Waals surface area contributed by atoms with Gasteiger partial charge in [0.2, 0.25) is 0 Å². The van der Waals surface area contributed by atoms with Crippen LogP contribution in [0.2, 0.25) is 5.02 Å². The number of para-hydroxylation sites is 1. The Labute approximate surface area is 190 Å². The molecule has 1 fully saturated rings. The molecule has 32 heavy (non-hydrogen) atoms. The molecule has 3 heterocycles. The monoisotopic (exact) mass is 448 g/mol. The number of fused-ring (bicyclic) bond motifs is 3. The van der Waals surface area contributed by atoms with Gasteiger partial charge in [0.05, 0.1) is 24.3 Å². The van der Waals surface area contributed by atoms with Gasteiger partial charge in [0, 0.05) is 41.3 Å². The summed E-state index contributed by atoms with van der Waals surface area (Å²) in [7, 11) is 0. The molecule has 1 saturated heterocycles. The van der Waals surface area contributed by atoms with E-state index in [4.69, 9.17) is 11.6 Å². The summed E-state index contributed by atoms with van der Waals surface area (Å²) in [6.45, 7) is 0.160. The number of aliphatic hydroxyl groups is 1. The number of carbonyl (C=O) groups is 2. The predicted octanol–water partition coefficient (Wildman–Crippen LogP) is 3.76. The number of likely N-dealkylation sites (tertiary alicyclic amines) is 1. The number of benzene rings is 2. The molecule has 7 nitrogen and oxygen atoms in total. The van der Waals surface area contributed by atoms with E-state index >= 15 is 0 Å². The Kier molecular flexibility index (Phi) is 5.28. The van der Waals surface area contributed by atoms with Crippen LogP contribution in [0.1, 0.15) is 21.8 Å². The number of halogens is 1. The number of carbonyl (C=O) groups excluding carboxylic acids is 2. The van der Waals surface area contributed by atoms with Gasteiger partial charge >= 0.3 is 6.03 Å². The third-order valence-electron chi connectivity index (χ3n) is 6.15. The van der Waals surface area contributed by atoms with Crippen molar-refractivity contribution in [3.8, 4) is 0 Å². The fraction of sp³-hybridized carbons (Fsp3) is 0.208. The average molecular weight is 449 g/mol. The quantitative estimate of drug-likeness (QED) is 0.639. The zero-order valence-corrected chi connectivity index (χ0v) is 17.8. The Bertz CT molecular complexity index is 1170. The minimum atomic E-state index is -0.355. The van der Waals surface area contributed by atoms with Crippen LogP contribution in [0.25, 0.3) is 0 Å². The first kappa shape index (κ1) is 20.5. The van der Waals surface area contributed by atoms with Crippen LogP contribution in [0.5, 0.6) is 0 Å². The van der Waals surface area contributed by atoms with E-state index in [1.807, 2.05) is 24.3 Å². The highest BCUT2D eigenvalue weighted by Crippen LogP contribution is 2.48. The molecule has 2 aliphatic rings. The molecule has 2 N–H and O–H groups in total. The van der Waals surface area contributed by atoms with E-state index in [2.05, 4.69) is 10.3 Å². The molecular formula is C24H21ClN4O3. The molecule has 8 heteroatoms. The molecule has 3 atom stereocenters. The highest BCUT2D eigenvalue weighted by Gasteiger charge is 2.55. The molecule has 0 spiro atoms. The molecule has 3 aromatic rings. The van der Waals surface area contributed by atoms with Crippen LogP contribution in [0, 0.1) is 0 Å². The van der Waals surface area contributed by atoms with Gasteiger partial charge in [-0.1, -0.05) is 35.9 Å². The number of anilines is 2. The number of rotatable bonds is 3. The number of amides is 3. The molecule has 0 bridgehead atoms. The lowest BCUT2D eigenvalue weighted by Crippen LogP contribution is -2.71. The van der Waals surface area contributed by atoms with Crippen molar-refractivity contribution in [1.82, 2.24) is 9.88 Å². The van der Waals surface area contributed by atoms with Gasteiger partial charge in [-0.3, -0.25) is 14.7 Å². The van der Waals surface area contributed by atoms with E-state index < -0.39 is 0 Å². The second-order valence-corrected chi connectivity index (χ2v) is 8.34. The van der Waals surface area contributed by atoms with Crippen molar-refractivity contribution in [2.75, 3.05) is 23.4 Å². The molecule has 3 amide bonds. The van der Waals surface area contributed by atoms with Gasteiger partial charge in [-0.05, 0) is 42.0 Å². The number of aromatic nitrogens is 1. The van der Waals surface area contributed by atoms with E-state index in [0.29, 0.717) is 22.8 Å². The summed E-state index contributed by atoms with van der Waals surface area (Å²) in [6.07, 6.45) is 3.13. The summed E-state index contributed by atoms with van der Waals surface area (Å²) < 4.78 is 0. The predicted molar refractivity (Wildman–Crippen MR) is 122 cm³/mol. The van der Waals surface area contributed by atoms with Gasteiger partial charge in [0.15, 0.2) is 0 Å². The van der Waals surface area contributed by atoms with Gasteiger partial charge in [-0.25, -0.2) is 4.79 Å². The topological polar surface area (TPSA) is 85.8 Å². The van der Waals surface area contributed by atoms with Gasteiger partial charge in [0.1, 0.15) is 0 Å². The molecule has 0 radical (unpaired) electrons. The van der Waals surface area contributed by atoms with Crippen molar-refractivity contribution < 1.29 is 14.7 Å². The van der Waals surface area contributed by atoms with Gasteiger partial charge < -0.3 is 15.3 Å². The molecular weight excluding hydrogens is 428 g/mol. The first-order valence-electron chi connectivity index (χ1n) is 10.3. The zero-order valence-electron chi connectivity index (χ0n) is 17.1. The summed E-state index contributed by atoms with van der Waals surface area (Å²) in [6, 6.07) is 17.1. The van der Waals surface area contributed by atoms with E-state index in [-0.39, 0.29) is 36.5 Å². The highest BCUT2D eigenvalue weighted by atomic mass is 35.5. The molecule has 0 saturated carbocycles. The Balaban J connectivity index is 1.47. The lowest BCUT2D eigenvalue weighted by atomic mass is 9.71. The van der Waals surface area contributed by atoms with Crippen molar-refractivity contribution in [1.29, 1.82) is 0 Å². The van der Waals surface area contributed by atoms with E-state index in [0.717, 1.165) is 11.3 Å². The van der Waals surface area contributed by atoms with Crippen molar-refractivity contribution in [3.63, 3.8) is 0 Å². The number of urea groups is 1. The van der Waals surface area contributed by atoms with Crippen molar-refractivity contribution >= 4 is 34.9 Å². The Morgan fingerprint density at radius 3 is 2.72 bits per heavy atom. The van der Waals surface area contributed by atoms with Crippen molar-refractivity contribution in [3.05, 3.63) is 89.2 Å². The van der Waals surface area contributed by atoms with Crippen LogP contribution in [-0.4, -0.2) is 52.2 Å². The molecule has 1 aromatic heterocycles. The molecule has 162 valence electrons. The van der Waals surface area contributed by atoms with Crippen LogP contribution < -0.4 is 10.2 Å². The van der Waals surface area contributed by atoms with Gasteiger partial charge in [-0.2, -0.15) is 0 Å². The number of hydrogen-bond acceptors (Lipinski definition) is 4. The normalized spacial score (nSPS) is 21.2. The number of nitrogens with zero attached hydrogens (tertiary/aromatic N) is 3. The fourth-order valence-electron chi connectivity index (χ4n) is 4.75. The zero-order chi connectivity index (χ0) is 22.2. The first-order chi connectivity index (χ1) is 15.6. The second kappa shape index (κ2) is 8.26. The molecule has 2 aliphatic heterocycles. The average Bonchev–Trinajstić information content (AvgIpc) is 2.80. The third kappa shape index (κ3) is 3.39. The number of pyridine rings is 1. The van der Waals surface area contributed by atoms with Gasteiger partial charge in [0.25, 0.3) is 5.91 Å². The fourth-order valence-corrected chi connectivity index (χ4v) is 4.94. The van der Waals surface area contributed by atoms with Crippen LogP contribution in [0.3, 0.4) is 0 Å². The van der Waals surface area contributed by atoms with E-state index in [1.165, 1.54) is 6.20 Å². The number of aliphatic hydroxyl groups excluding tert-OH is 1. The van der Waals surface area contributed by atoms with Crippen molar-refractivity contribution in [2.24, 2.45) is 0 Å². The van der Waals surface area contributed by atoms with E-state index in [9.17, 15) is 14.7 Å². The van der Waals surface area contributed by atoms with Crippen molar-refractivity contribution in [2.45, 2.75) is 18.0 Å². The Morgan fingerprint density at radius 1 is 1.12 bits per heavy atom. The van der Waals surface area contributed by atoms with Crippen LogP contribution in [0.15, 0.2) is 73.1 Å². The molecule has 5 rings (SSSR count). The summed E-state index contributed by atoms with van der Waals surface area (Å²) >= 11 is 6.05. The summed E-state index contributed by atoms with van der Waals surface area (Å²) in [5.41, 5.74) is 2.77. The minimum Gasteiger partial charge on any atom is -0.394 e. The van der Waals surface area contributed by atoms with Crippen LogP contribution in [-0.2, 0) is 0 Å². The summed E-state index contributed by atoms with van der Waals surface area (Å²) in [5.74, 6) is -0.250. The van der Waals surface area contributed by atoms with Gasteiger partial charge in [-0.15, -0.1) is 0 Å².